The lowest BCUT2D eigenvalue weighted by molar-refractivity contribution is -0.198. The Morgan fingerprint density at radius 2 is 2.08 bits per heavy atom. The number of anilines is 1. The van der Waals surface area contributed by atoms with E-state index in [4.69, 9.17) is 9.72 Å². The van der Waals surface area contributed by atoms with Crippen molar-refractivity contribution in [3.05, 3.63) is 23.4 Å². The monoisotopic (exact) mass is 359 g/mol. The van der Waals surface area contributed by atoms with E-state index in [1.54, 1.807) is 0 Å². The number of carbonyl (C=O) groups excluding carboxylic acids is 1. The van der Waals surface area contributed by atoms with E-state index in [1.165, 1.54) is 24.6 Å². The van der Waals surface area contributed by atoms with Crippen molar-refractivity contribution >= 4 is 11.7 Å². The SMILES string of the molecule is CC(=O)N[C@@]1(C)CCOC2(CCN(c3ccc4c(n3)CCC4)CC2)[C@@H]1O. The summed E-state index contributed by atoms with van der Waals surface area (Å²) in [5.41, 5.74) is 1.43. The minimum Gasteiger partial charge on any atom is -0.388 e. The number of pyridine rings is 1. The number of carbonyl (C=O) groups is 1. The van der Waals surface area contributed by atoms with Crippen LogP contribution in [-0.2, 0) is 22.4 Å². The van der Waals surface area contributed by atoms with Gasteiger partial charge in [-0.25, -0.2) is 4.98 Å². The topological polar surface area (TPSA) is 74.7 Å². The van der Waals surface area contributed by atoms with Crippen molar-refractivity contribution in [2.24, 2.45) is 0 Å². The van der Waals surface area contributed by atoms with Gasteiger partial charge in [-0.2, -0.15) is 0 Å². The minimum atomic E-state index is -0.706. The van der Waals surface area contributed by atoms with Gasteiger partial charge in [-0.15, -0.1) is 0 Å². The van der Waals surface area contributed by atoms with Gasteiger partial charge < -0.3 is 20.1 Å². The summed E-state index contributed by atoms with van der Waals surface area (Å²) in [4.78, 5) is 18.7. The molecule has 26 heavy (non-hydrogen) atoms. The van der Waals surface area contributed by atoms with Crippen molar-refractivity contribution in [3.63, 3.8) is 0 Å². The summed E-state index contributed by atoms with van der Waals surface area (Å²) < 4.78 is 6.11. The second-order valence-corrected chi connectivity index (χ2v) is 8.28. The van der Waals surface area contributed by atoms with E-state index in [9.17, 15) is 9.90 Å². The highest BCUT2D eigenvalue weighted by molar-refractivity contribution is 5.74. The number of aromatic nitrogens is 1. The maximum atomic E-state index is 11.6. The van der Waals surface area contributed by atoms with E-state index >= 15 is 0 Å². The van der Waals surface area contributed by atoms with Crippen molar-refractivity contribution in [1.82, 2.24) is 10.3 Å². The van der Waals surface area contributed by atoms with Gasteiger partial charge in [-0.1, -0.05) is 6.07 Å². The molecule has 2 aliphatic heterocycles. The van der Waals surface area contributed by atoms with E-state index in [1.807, 2.05) is 6.92 Å². The molecule has 1 amide bonds. The van der Waals surface area contributed by atoms with Crippen LogP contribution in [0.15, 0.2) is 12.1 Å². The smallest absolute Gasteiger partial charge is 0.217 e. The van der Waals surface area contributed by atoms with Gasteiger partial charge in [0.05, 0.1) is 11.1 Å². The molecule has 6 nitrogen and oxygen atoms in total. The van der Waals surface area contributed by atoms with Crippen LogP contribution in [-0.4, -0.2) is 52.9 Å². The maximum Gasteiger partial charge on any atom is 0.217 e. The standard InChI is InChI=1S/C20H29N3O3/c1-14(24)22-19(2)10-13-26-20(18(19)25)8-11-23(12-9-20)17-7-6-15-4-3-5-16(15)21-17/h6-7,18,25H,3-5,8-13H2,1-2H3,(H,22,24)/t18-,19+/m1/s1. The molecule has 0 unspecified atom stereocenters. The first-order valence-electron chi connectivity index (χ1n) is 9.76. The number of amides is 1. The van der Waals surface area contributed by atoms with Crippen molar-refractivity contribution in [1.29, 1.82) is 0 Å². The Balaban J connectivity index is 1.47. The molecule has 0 saturated carbocycles. The minimum absolute atomic E-state index is 0.108. The summed E-state index contributed by atoms with van der Waals surface area (Å²) in [5.74, 6) is 0.929. The normalized spacial score (nSPS) is 30.3. The van der Waals surface area contributed by atoms with Gasteiger partial charge in [0.25, 0.3) is 0 Å². The zero-order valence-corrected chi connectivity index (χ0v) is 15.8. The summed E-state index contributed by atoms with van der Waals surface area (Å²) >= 11 is 0. The first kappa shape index (κ1) is 17.7. The van der Waals surface area contributed by atoms with E-state index in [-0.39, 0.29) is 5.91 Å². The number of hydrogen-bond donors (Lipinski definition) is 2. The second kappa shape index (κ2) is 6.50. The fourth-order valence-electron chi connectivity index (χ4n) is 4.91. The number of fused-ring (bicyclic) bond motifs is 1. The van der Waals surface area contributed by atoms with Gasteiger partial charge in [-0.05, 0) is 57.1 Å². The van der Waals surface area contributed by atoms with E-state index in [0.29, 0.717) is 13.0 Å². The average Bonchev–Trinajstić information content (AvgIpc) is 3.07. The molecule has 0 radical (unpaired) electrons. The van der Waals surface area contributed by atoms with Crippen LogP contribution >= 0.6 is 0 Å². The van der Waals surface area contributed by atoms with Crippen LogP contribution in [0.1, 0.15) is 50.8 Å². The lowest BCUT2D eigenvalue weighted by atomic mass is 9.73. The predicted octanol–water partition coefficient (Wildman–Crippen LogP) is 1.59. The molecule has 2 saturated heterocycles. The molecule has 142 valence electrons. The molecule has 0 bridgehead atoms. The molecular formula is C20H29N3O3. The Hall–Kier alpha value is -1.66. The second-order valence-electron chi connectivity index (χ2n) is 8.28. The zero-order chi connectivity index (χ0) is 18.4. The van der Waals surface area contributed by atoms with Crippen LogP contribution in [0.3, 0.4) is 0 Å². The number of ether oxygens (including phenoxy) is 1. The number of aliphatic hydroxyl groups excluding tert-OH is 1. The molecule has 1 aromatic rings. The lowest BCUT2D eigenvalue weighted by Crippen LogP contribution is -2.69. The molecule has 1 aromatic heterocycles. The molecule has 2 atom stereocenters. The van der Waals surface area contributed by atoms with Gasteiger partial charge in [0.15, 0.2) is 0 Å². The van der Waals surface area contributed by atoms with Crippen molar-refractivity contribution in [3.8, 4) is 0 Å². The summed E-state index contributed by atoms with van der Waals surface area (Å²) in [6.45, 7) is 5.60. The van der Waals surface area contributed by atoms with Gasteiger partial charge in [-0.3, -0.25) is 4.79 Å². The van der Waals surface area contributed by atoms with Gasteiger partial charge >= 0.3 is 0 Å². The molecular weight excluding hydrogens is 330 g/mol. The largest absolute Gasteiger partial charge is 0.388 e. The molecule has 0 aromatic carbocycles. The quantitative estimate of drug-likeness (QED) is 0.839. The molecule has 2 fully saturated rings. The highest BCUT2D eigenvalue weighted by Crippen LogP contribution is 2.40. The number of nitrogens with zero attached hydrogens (tertiary/aromatic N) is 2. The Morgan fingerprint density at radius 1 is 1.31 bits per heavy atom. The van der Waals surface area contributed by atoms with E-state index in [0.717, 1.165) is 44.6 Å². The fourth-order valence-corrected chi connectivity index (χ4v) is 4.91. The number of rotatable bonds is 2. The fraction of sp³-hybridized carbons (Fsp3) is 0.700. The van der Waals surface area contributed by atoms with Crippen LogP contribution in [0.4, 0.5) is 5.82 Å². The number of piperidine rings is 1. The number of aryl methyl sites for hydroxylation is 2. The molecule has 3 aliphatic rings. The average molecular weight is 359 g/mol. The Morgan fingerprint density at radius 3 is 2.81 bits per heavy atom. The lowest BCUT2D eigenvalue weighted by Gasteiger charge is -2.53. The molecule has 3 heterocycles. The predicted molar refractivity (Wildman–Crippen MR) is 99.2 cm³/mol. The molecule has 2 N–H and O–H groups in total. The van der Waals surface area contributed by atoms with Crippen LogP contribution < -0.4 is 10.2 Å². The van der Waals surface area contributed by atoms with E-state index in [2.05, 4.69) is 22.3 Å². The Kier molecular flexibility index (Phi) is 4.43. The third-order valence-corrected chi connectivity index (χ3v) is 6.42. The summed E-state index contributed by atoms with van der Waals surface area (Å²) in [6.07, 6.45) is 4.83. The maximum absolute atomic E-state index is 11.6. The van der Waals surface area contributed by atoms with Crippen molar-refractivity contribution < 1.29 is 14.6 Å². The van der Waals surface area contributed by atoms with Crippen LogP contribution in [0, 0.1) is 0 Å². The summed E-state index contributed by atoms with van der Waals surface area (Å²) in [5, 5.41) is 14.0. The van der Waals surface area contributed by atoms with Crippen LogP contribution in [0.2, 0.25) is 0 Å². The van der Waals surface area contributed by atoms with Crippen molar-refractivity contribution in [2.75, 3.05) is 24.6 Å². The molecule has 4 rings (SSSR count). The third-order valence-electron chi connectivity index (χ3n) is 6.42. The van der Waals surface area contributed by atoms with Gasteiger partial charge in [0.1, 0.15) is 11.9 Å². The Bertz CT molecular complexity index is 700. The van der Waals surface area contributed by atoms with E-state index < -0.39 is 17.2 Å². The zero-order valence-electron chi connectivity index (χ0n) is 15.8. The third kappa shape index (κ3) is 2.99. The van der Waals surface area contributed by atoms with Crippen LogP contribution in [0.25, 0.3) is 0 Å². The Labute approximate surface area is 154 Å². The van der Waals surface area contributed by atoms with Gasteiger partial charge in [0.2, 0.25) is 5.91 Å². The number of nitrogens with one attached hydrogen (secondary N) is 1. The highest BCUT2D eigenvalue weighted by Gasteiger charge is 2.53. The molecule has 6 heteroatoms. The highest BCUT2D eigenvalue weighted by atomic mass is 16.5. The number of hydrogen-bond acceptors (Lipinski definition) is 5. The molecule has 1 aliphatic carbocycles. The summed E-state index contributed by atoms with van der Waals surface area (Å²) in [7, 11) is 0. The number of aliphatic hydroxyl groups is 1. The molecule has 1 spiro atoms. The van der Waals surface area contributed by atoms with Gasteiger partial charge in [0, 0.05) is 32.3 Å². The van der Waals surface area contributed by atoms with Crippen molar-refractivity contribution in [2.45, 2.75) is 69.6 Å². The summed E-state index contributed by atoms with van der Waals surface area (Å²) in [6, 6.07) is 4.34. The van der Waals surface area contributed by atoms with Crippen LogP contribution in [0.5, 0.6) is 0 Å². The first-order valence-corrected chi connectivity index (χ1v) is 9.76. The first-order chi connectivity index (χ1) is 12.4.